The maximum absolute atomic E-state index is 12.1. The molecule has 27 heavy (non-hydrogen) atoms. The molecule has 0 bridgehead atoms. The van der Waals surface area contributed by atoms with E-state index in [2.05, 4.69) is 0 Å². The Morgan fingerprint density at radius 2 is 1.63 bits per heavy atom. The molecule has 0 aromatic heterocycles. The lowest BCUT2D eigenvalue weighted by Gasteiger charge is -2.06. The highest BCUT2D eigenvalue weighted by Crippen LogP contribution is 2.33. The SMILES string of the molecule is COc1ccc2c(c1)C(=O)O/C2=C\c1ccc(OCc2ccccc2)cc1. The summed E-state index contributed by atoms with van der Waals surface area (Å²) in [5.74, 6) is 1.59. The van der Waals surface area contributed by atoms with Crippen molar-refractivity contribution in [2.24, 2.45) is 0 Å². The van der Waals surface area contributed by atoms with Crippen molar-refractivity contribution in [1.82, 2.24) is 0 Å². The van der Waals surface area contributed by atoms with Gasteiger partial charge in [-0.05, 0) is 47.5 Å². The molecule has 0 spiro atoms. The number of hydrogen-bond donors (Lipinski definition) is 0. The van der Waals surface area contributed by atoms with Crippen LogP contribution in [0.1, 0.15) is 27.0 Å². The summed E-state index contributed by atoms with van der Waals surface area (Å²) >= 11 is 0. The summed E-state index contributed by atoms with van der Waals surface area (Å²) in [5, 5.41) is 0. The second-order valence-corrected chi connectivity index (χ2v) is 6.15. The second-order valence-electron chi connectivity index (χ2n) is 6.15. The second kappa shape index (κ2) is 7.38. The number of fused-ring (bicyclic) bond motifs is 1. The highest BCUT2D eigenvalue weighted by molar-refractivity contribution is 6.06. The van der Waals surface area contributed by atoms with Crippen molar-refractivity contribution < 1.29 is 19.0 Å². The molecule has 4 heteroatoms. The molecule has 0 amide bonds. The van der Waals surface area contributed by atoms with E-state index in [0.29, 0.717) is 23.7 Å². The van der Waals surface area contributed by atoms with Crippen LogP contribution in [0.15, 0.2) is 72.8 Å². The number of cyclic esters (lactones) is 1. The van der Waals surface area contributed by atoms with E-state index in [1.807, 2.05) is 72.8 Å². The lowest BCUT2D eigenvalue weighted by Crippen LogP contribution is -1.94. The van der Waals surface area contributed by atoms with Crippen molar-refractivity contribution in [1.29, 1.82) is 0 Å². The standard InChI is InChI=1S/C23H18O4/c1-25-19-11-12-20-21(14-19)23(24)27-22(20)13-16-7-9-18(10-8-16)26-15-17-5-3-2-4-6-17/h2-14H,15H2,1H3/b22-13-. The van der Waals surface area contributed by atoms with Gasteiger partial charge in [0, 0.05) is 5.56 Å². The molecule has 4 nitrogen and oxygen atoms in total. The Morgan fingerprint density at radius 3 is 2.37 bits per heavy atom. The summed E-state index contributed by atoms with van der Waals surface area (Å²) in [7, 11) is 1.57. The Morgan fingerprint density at radius 1 is 0.889 bits per heavy atom. The largest absolute Gasteiger partial charge is 0.497 e. The fraction of sp³-hybridized carbons (Fsp3) is 0.0870. The first-order valence-electron chi connectivity index (χ1n) is 8.62. The lowest BCUT2D eigenvalue weighted by molar-refractivity contribution is 0.0717. The van der Waals surface area contributed by atoms with Crippen LogP contribution in [0.4, 0.5) is 0 Å². The third-order valence-corrected chi connectivity index (χ3v) is 4.34. The molecule has 0 unspecified atom stereocenters. The fourth-order valence-electron chi connectivity index (χ4n) is 2.90. The van der Waals surface area contributed by atoms with Crippen molar-refractivity contribution in [2.45, 2.75) is 6.61 Å². The van der Waals surface area contributed by atoms with Gasteiger partial charge < -0.3 is 14.2 Å². The Kier molecular flexibility index (Phi) is 4.62. The summed E-state index contributed by atoms with van der Waals surface area (Å²) in [6.45, 7) is 0.522. The van der Waals surface area contributed by atoms with Gasteiger partial charge in [-0.1, -0.05) is 42.5 Å². The Balaban J connectivity index is 1.50. The fourth-order valence-corrected chi connectivity index (χ4v) is 2.90. The molecule has 1 aliphatic rings. The van der Waals surface area contributed by atoms with Crippen LogP contribution in [-0.4, -0.2) is 13.1 Å². The zero-order valence-electron chi connectivity index (χ0n) is 14.8. The third kappa shape index (κ3) is 3.70. The average molecular weight is 358 g/mol. The minimum absolute atomic E-state index is 0.363. The van der Waals surface area contributed by atoms with Crippen LogP contribution >= 0.6 is 0 Å². The minimum atomic E-state index is -0.363. The summed E-state index contributed by atoms with van der Waals surface area (Å²) in [6.07, 6.45) is 1.84. The molecular weight excluding hydrogens is 340 g/mol. The van der Waals surface area contributed by atoms with E-state index in [0.717, 1.165) is 22.4 Å². The number of methoxy groups -OCH3 is 1. The van der Waals surface area contributed by atoms with Crippen LogP contribution < -0.4 is 9.47 Å². The van der Waals surface area contributed by atoms with Gasteiger partial charge in [0.25, 0.3) is 0 Å². The molecule has 0 saturated heterocycles. The lowest BCUT2D eigenvalue weighted by atomic mass is 10.1. The summed E-state index contributed by atoms with van der Waals surface area (Å²) in [5.41, 5.74) is 3.33. The van der Waals surface area contributed by atoms with Crippen molar-refractivity contribution in [3.63, 3.8) is 0 Å². The van der Waals surface area contributed by atoms with Crippen LogP contribution in [-0.2, 0) is 11.3 Å². The average Bonchev–Trinajstić information content (AvgIpc) is 3.03. The molecule has 4 rings (SSSR count). The predicted octanol–water partition coefficient (Wildman–Crippen LogP) is 4.94. The van der Waals surface area contributed by atoms with E-state index in [1.54, 1.807) is 13.2 Å². The first kappa shape index (κ1) is 16.9. The van der Waals surface area contributed by atoms with Gasteiger partial charge in [-0.3, -0.25) is 0 Å². The molecule has 134 valence electrons. The molecule has 3 aromatic carbocycles. The molecule has 0 aliphatic carbocycles. The van der Waals surface area contributed by atoms with E-state index in [4.69, 9.17) is 14.2 Å². The third-order valence-electron chi connectivity index (χ3n) is 4.34. The highest BCUT2D eigenvalue weighted by Gasteiger charge is 2.26. The highest BCUT2D eigenvalue weighted by atomic mass is 16.5. The summed E-state index contributed by atoms with van der Waals surface area (Å²) < 4.78 is 16.4. The Hall–Kier alpha value is -3.53. The minimum Gasteiger partial charge on any atom is -0.497 e. The van der Waals surface area contributed by atoms with Gasteiger partial charge in [0.1, 0.15) is 23.9 Å². The molecule has 0 fully saturated rings. The van der Waals surface area contributed by atoms with Gasteiger partial charge in [0.15, 0.2) is 0 Å². The van der Waals surface area contributed by atoms with Crippen LogP contribution in [0.3, 0.4) is 0 Å². The van der Waals surface area contributed by atoms with E-state index in [-0.39, 0.29) is 5.97 Å². The van der Waals surface area contributed by atoms with Crippen molar-refractivity contribution in [3.05, 3.63) is 95.1 Å². The monoisotopic (exact) mass is 358 g/mol. The molecule has 3 aromatic rings. The van der Waals surface area contributed by atoms with Crippen LogP contribution in [0.2, 0.25) is 0 Å². The van der Waals surface area contributed by atoms with Crippen LogP contribution in [0, 0.1) is 0 Å². The van der Waals surface area contributed by atoms with Crippen LogP contribution in [0.25, 0.3) is 11.8 Å². The molecule has 1 aliphatic heterocycles. The smallest absolute Gasteiger partial charge is 0.344 e. The summed E-state index contributed by atoms with van der Waals surface area (Å²) in [4.78, 5) is 12.1. The van der Waals surface area contributed by atoms with Gasteiger partial charge in [0.2, 0.25) is 0 Å². The van der Waals surface area contributed by atoms with Crippen molar-refractivity contribution in [2.75, 3.05) is 7.11 Å². The number of ether oxygens (including phenoxy) is 3. The number of carbonyl (C=O) groups is 1. The molecule has 0 atom stereocenters. The number of rotatable bonds is 5. The van der Waals surface area contributed by atoms with E-state index in [1.165, 1.54) is 0 Å². The maximum atomic E-state index is 12.1. The molecule has 0 saturated carbocycles. The van der Waals surface area contributed by atoms with Gasteiger partial charge >= 0.3 is 5.97 Å². The summed E-state index contributed by atoms with van der Waals surface area (Å²) in [6, 6.07) is 23.0. The van der Waals surface area contributed by atoms with Gasteiger partial charge in [-0.25, -0.2) is 4.79 Å². The Labute approximate surface area is 157 Å². The molecule has 0 N–H and O–H groups in total. The van der Waals surface area contributed by atoms with E-state index < -0.39 is 0 Å². The molecular formula is C23H18O4. The number of hydrogen-bond acceptors (Lipinski definition) is 4. The maximum Gasteiger partial charge on any atom is 0.344 e. The predicted molar refractivity (Wildman–Crippen MR) is 103 cm³/mol. The van der Waals surface area contributed by atoms with Crippen molar-refractivity contribution in [3.8, 4) is 11.5 Å². The number of benzene rings is 3. The van der Waals surface area contributed by atoms with Gasteiger partial charge in [-0.2, -0.15) is 0 Å². The molecule has 0 radical (unpaired) electrons. The topological polar surface area (TPSA) is 44.8 Å². The van der Waals surface area contributed by atoms with Crippen molar-refractivity contribution >= 4 is 17.8 Å². The van der Waals surface area contributed by atoms with E-state index >= 15 is 0 Å². The zero-order valence-corrected chi connectivity index (χ0v) is 14.8. The Bertz CT molecular complexity index is 989. The quantitative estimate of drug-likeness (QED) is 0.606. The van der Waals surface area contributed by atoms with Crippen LogP contribution in [0.5, 0.6) is 11.5 Å². The van der Waals surface area contributed by atoms with E-state index in [9.17, 15) is 4.79 Å². The molecule has 1 heterocycles. The number of esters is 1. The van der Waals surface area contributed by atoms with Gasteiger partial charge in [-0.15, -0.1) is 0 Å². The normalized spacial score (nSPS) is 14.0. The first-order chi connectivity index (χ1) is 13.2. The van der Waals surface area contributed by atoms with Gasteiger partial charge in [0.05, 0.1) is 12.7 Å². The zero-order chi connectivity index (χ0) is 18.6. The number of carbonyl (C=O) groups excluding carboxylic acids is 1. The first-order valence-corrected chi connectivity index (χ1v) is 8.62.